The van der Waals surface area contributed by atoms with E-state index in [0.29, 0.717) is 30.5 Å². The molecule has 0 spiro atoms. The van der Waals surface area contributed by atoms with Gasteiger partial charge in [-0.3, -0.25) is 9.69 Å². The number of carbonyl (C=O) groups excluding carboxylic acids is 1. The van der Waals surface area contributed by atoms with Gasteiger partial charge in [0.2, 0.25) is 5.91 Å². The van der Waals surface area contributed by atoms with Crippen molar-refractivity contribution in [3.05, 3.63) is 0 Å². The van der Waals surface area contributed by atoms with Crippen molar-refractivity contribution < 1.29 is 4.79 Å². The predicted molar refractivity (Wildman–Crippen MR) is 66.8 cm³/mol. The van der Waals surface area contributed by atoms with Crippen LogP contribution in [-0.2, 0) is 4.79 Å². The van der Waals surface area contributed by atoms with Crippen LogP contribution in [0.25, 0.3) is 0 Å². The van der Waals surface area contributed by atoms with Gasteiger partial charge in [0.25, 0.3) is 0 Å². The van der Waals surface area contributed by atoms with E-state index in [0.717, 1.165) is 6.54 Å². The van der Waals surface area contributed by atoms with Crippen molar-refractivity contribution in [2.45, 2.75) is 33.2 Å². The van der Waals surface area contributed by atoms with Gasteiger partial charge >= 0.3 is 0 Å². The molecule has 0 aliphatic carbocycles. The molecule has 0 aromatic carbocycles. The van der Waals surface area contributed by atoms with E-state index in [-0.39, 0.29) is 5.91 Å². The number of nitrogens with two attached hydrogens (primary N) is 1. The normalized spacial score (nSPS) is 10.7. The number of likely N-dealkylation sites (N-methyl/N-ethyl adjacent to an activating group) is 1. The van der Waals surface area contributed by atoms with Crippen molar-refractivity contribution in [1.82, 2.24) is 10.2 Å². The molecule has 0 bridgehead atoms. The molecule has 0 heterocycles. The van der Waals surface area contributed by atoms with Crippen molar-refractivity contribution in [2.75, 3.05) is 19.6 Å². The number of hydrogen-bond acceptors (Lipinski definition) is 3. The van der Waals surface area contributed by atoms with E-state index in [1.165, 1.54) is 0 Å². The third-order valence-electron chi connectivity index (χ3n) is 2.10. The van der Waals surface area contributed by atoms with Gasteiger partial charge in [0, 0.05) is 25.6 Å². The van der Waals surface area contributed by atoms with Crippen molar-refractivity contribution >= 4 is 23.1 Å². The first-order valence-electron chi connectivity index (χ1n) is 5.26. The molecule has 1 amide bonds. The summed E-state index contributed by atoms with van der Waals surface area (Å²) in [6.45, 7) is 7.84. The summed E-state index contributed by atoms with van der Waals surface area (Å²) in [7, 11) is 0. The van der Waals surface area contributed by atoms with Crippen molar-refractivity contribution in [3.8, 4) is 0 Å². The van der Waals surface area contributed by atoms with Gasteiger partial charge in [-0.05, 0) is 20.8 Å². The molecule has 88 valence electrons. The van der Waals surface area contributed by atoms with Crippen LogP contribution < -0.4 is 11.1 Å². The largest absolute Gasteiger partial charge is 0.393 e. The third kappa shape index (κ3) is 7.27. The van der Waals surface area contributed by atoms with Gasteiger partial charge in [-0.2, -0.15) is 0 Å². The Morgan fingerprint density at radius 3 is 2.53 bits per heavy atom. The molecule has 0 fully saturated rings. The lowest BCUT2D eigenvalue weighted by Crippen LogP contribution is -2.42. The molecule has 0 saturated heterocycles. The summed E-state index contributed by atoms with van der Waals surface area (Å²) in [6.07, 6.45) is 0.660. The van der Waals surface area contributed by atoms with E-state index in [9.17, 15) is 4.79 Å². The Morgan fingerprint density at radius 1 is 1.53 bits per heavy atom. The second-order valence-corrected chi connectivity index (χ2v) is 4.26. The van der Waals surface area contributed by atoms with Crippen LogP contribution in [0.15, 0.2) is 0 Å². The summed E-state index contributed by atoms with van der Waals surface area (Å²) in [6, 6.07) is 0.321. The summed E-state index contributed by atoms with van der Waals surface area (Å²) >= 11 is 4.82. The number of hydrogen-bond donors (Lipinski definition) is 2. The minimum atomic E-state index is 0.0501. The van der Waals surface area contributed by atoms with Crippen molar-refractivity contribution in [1.29, 1.82) is 0 Å². The molecule has 0 unspecified atom stereocenters. The van der Waals surface area contributed by atoms with Crippen molar-refractivity contribution in [3.63, 3.8) is 0 Å². The van der Waals surface area contributed by atoms with E-state index in [1.54, 1.807) is 0 Å². The predicted octanol–water partition coefficient (Wildman–Crippen LogP) is 0.509. The molecule has 0 saturated carbocycles. The van der Waals surface area contributed by atoms with Crippen LogP contribution in [0.3, 0.4) is 0 Å². The van der Waals surface area contributed by atoms with E-state index >= 15 is 0 Å². The number of rotatable bonds is 7. The lowest BCUT2D eigenvalue weighted by atomic mass is 10.2. The summed E-state index contributed by atoms with van der Waals surface area (Å²) < 4.78 is 0. The maximum atomic E-state index is 11.4. The number of nitrogens with zero attached hydrogens (tertiary/aromatic N) is 1. The fraction of sp³-hybridized carbons (Fsp3) is 0.800. The topological polar surface area (TPSA) is 58.4 Å². The van der Waals surface area contributed by atoms with Crippen LogP contribution in [0.2, 0.25) is 0 Å². The van der Waals surface area contributed by atoms with Crippen molar-refractivity contribution in [2.24, 2.45) is 5.73 Å². The average Bonchev–Trinajstić information content (AvgIpc) is 2.11. The van der Waals surface area contributed by atoms with Gasteiger partial charge < -0.3 is 11.1 Å². The highest BCUT2D eigenvalue weighted by Gasteiger charge is 2.13. The standard InChI is InChI=1S/C10H21N3OS/c1-4-12-10(14)7-13(8(2)3)6-5-9(11)15/h8H,4-7H2,1-3H3,(H2,11,15)(H,12,14). The molecular formula is C10H21N3OS. The lowest BCUT2D eigenvalue weighted by Gasteiger charge is -2.25. The molecule has 0 radical (unpaired) electrons. The molecule has 0 rings (SSSR count). The number of amides is 1. The number of thiocarbonyl (C=S) groups is 1. The molecule has 0 atom stereocenters. The smallest absolute Gasteiger partial charge is 0.234 e. The zero-order valence-electron chi connectivity index (χ0n) is 9.75. The molecule has 0 aliphatic heterocycles. The Balaban J connectivity index is 4.04. The molecule has 0 aliphatic rings. The van der Waals surface area contributed by atoms with Gasteiger partial charge in [0.1, 0.15) is 0 Å². The Morgan fingerprint density at radius 2 is 2.13 bits per heavy atom. The number of carbonyl (C=O) groups is 1. The SMILES string of the molecule is CCNC(=O)CN(CCC(N)=S)C(C)C. The molecule has 5 heteroatoms. The number of nitrogens with one attached hydrogen (secondary N) is 1. The monoisotopic (exact) mass is 231 g/mol. The Hall–Kier alpha value is -0.680. The molecule has 4 nitrogen and oxygen atoms in total. The Bertz CT molecular complexity index is 219. The van der Waals surface area contributed by atoms with Crippen LogP contribution in [0.5, 0.6) is 0 Å². The highest BCUT2D eigenvalue weighted by Crippen LogP contribution is 1.99. The van der Waals surface area contributed by atoms with Gasteiger partial charge in [0.15, 0.2) is 0 Å². The minimum Gasteiger partial charge on any atom is -0.393 e. The zero-order chi connectivity index (χ0) is 11.8. The van der Waals surface area contributed by atoms with Gasteiger partial charge in [0.05, 0.1) is 11.5 Å². The van der Waals surface area contributed by atoms with Gasteiger partial charge in [-0.1, -0.05) is 12.2 Å². The Labute approximate surface area is 97.2 Å². The van der Waals surface area contributed by atoms with E-state index in [4.69, 9.17) is 18.0 Å². The molecule has 3 N–H and O–H groups in total. The third-order valence-corrected chi connectivity index (χ3v) is 2.30. The first kappa shape index (κ1) is 14.3. The second-order valence-electron chi connectivity index (χ2n) is 3.73. The van der Waals surface area contributed by atoms with Crippen LogP contribution in [0, 0.1) is 0 Å². The van der Waals surface area contributed by atoms with E-state index in [1.807, 2.05) is 6.92 Å². The summed E-state index contributed by atoms with van der Waals surface area (Å²) in [5.74, 6) is 0.0501. The van der Waals surface area contributed by atoms with E-state index < -0.39 is 0 Å². The van der Waals surface area contributed by atoms with Crippen LogP contribution in [0.4, 0.5) is 0 Å². The molecule has 0 aromatic rings. The minimum absolute atomic E-state index is 0.0501. The fourth-order valence-electron chi connectivity index (χ4n) is 1.21. The summed E-state index contributed by atoms with van der Waals surface area (Å²) in [5, 5.41) is 2.77. The highest BCUT2D eigenvalue weighted by molar-refractivity contribution is 7.80. The molecule has 15 heavy (non-hydrogen) atoms. The lowest BCUT2D eigenvalue weighted by molar-refractivity contribution is -0.122. The van der Waals surface area contributed by atoms with E-state index in [2.05, 4.69) is 24.1 Å². The quantitative estimate of drug-likeness (QED) is 0.627. The first-order chi connectivity index (χ1) is 6.97. The highest BCUT2D eigenvalue weighted by atomic mass is 32.1. The summed E-state index contributed by atoms with van der Waals surface area (Å²) in [4.78, 5) is 13.9. The van der Waals surface area contributed by atoms with Crippen LogP contribution in [0.1, 0.15) is 27.2 Å². The first-order valence-corrected chi connectivity index (χ1v) is 5.67. The zero-order valence-corrected chi connectivity index (χ0v) is 10.6. The van der Waals surface area contributed by atoms with Gasteiger partial charge in [-0.25, -0.2) is 0 Å². The maximum absolute atomic E-state index is 11.4. The molecule has 0 aromatic heterocycles. The van der Waals surface area contributed by atoms with Crippen LogP contribution in [-0.4, -0.2) is 41.5 Å². The maximum Gasteiger partial charge on any atom is 0.234 e. The average molecular weight is 231 g/mol. The van der Waals surface area contributed by atoms with Gasteiger partial charge in [-0.15, -0.1) is 0 Å². The molecular weight excluding hydrogens is 210 g/mol. The summed E-state index contributed by atoms with van der Waals surface area (Å²) in [5.41, 5.74) is 5.43. The van der Waals surface area contributed by atoms with Crippen LogP contribution >= 0.6 is 12.2 Å². The second kappa shape index (κ2) is 7.59. The Kier molecular flexibility index (Phi) is 7.25. The fourth-order valence-corrected chi connectivity index (χ4v) is 1.30.